The lowest BCUT2D eigenvalue weighted by molar-refractivity contribution is -0.526. The van der Waals surface area contributed by atoms with Crippen LogP contribution in [0.15, 0.2) is 48.5 Å². The average molecular weight is 633 g/mol. The summed E-state index contributed by atoms with van der Waals surface area (Å²) in [5, 5.41) is 18.4. The summed E-state index contributed by atoms with van der Waals surface area (Å²) < 4.78 is 25.5. The zero-order valence-electron chi connectivity index (χ0n) is 22.1. The van der Waals surface area contributed by atoms with Crippen LogP contribution in [0.25, 0.3) is 0 Å². The lowest BCUT2D eigenvalue weighted by Gasteiger charge is -2.30. The number of nitro groups is 1. The number of nitrogens with zero attached hydrogens (tertiary/aromatic N) is 1. The Morgan fingerprint density at radius 3 is 2.51 bits per heavy atom. The van der Waals surface area contributed by atoms with Crippen molar-refractivity contribution < 1.29 is 33.2 Å². The molecule has 0 unspecified atom stereocenters. The number of rotatable bonds is 7. The number of methoxy groups -OCH3 is 2. The van der Waals surface area contributed by atoms with Gasteiger partial charge in [0.1, 0.15) is 22.7 Å². The van der Waals surface area contributed by atoms with Crippen LogP contribution in [0.3, 0.4) is 0 Å². The highest BCUT2D eigenvalue weighted by atomic mass is 35.5. The van der Waals surface area contributed by atoms with Crippen LogP contribution in [0.4, 0.5) is 15.8 Å². The minimum Gasteiger partial charge on any atom is -0.496 e. The minimum atomic E-state index is -1.86. The van der Waals surface area contributed by atoms with Crippen LogP contribution in [0, 0.1) is 15.9 Å². The molecular formula is C29H27Cl2FN4O7. The van der Waals surface area contributed by atoms with Gasteiger partial charge in [0.15, 0.2) is 5.78 Å². The van der Waals surface area contributed by atoms with Crippen LogP contribution in [-0.2, 0) is 15.1 Å². The van der Waals surface area contributed by atoms with E-state index in [0.29, 0.717) is 10.6 Å². The molecule has 2 aliphatic rings. The van der Waals surface area contributed by atoms with Gasteiger partial charge in [-0.1, -0.05) is 48.8 Å². The Labute approximate surface area is 255 Å². The Morgan fingerprint density at radius 2 is 1.86 bits per heavy atom. The molecule has 3 aromatic carbocycles. The van der Waals surface area contributed by atoms with E-state index in [-0.39, 0.29) is 46.3 Å². The summed E-state index contributed by atoms with van der Waals surface area (Å²) >= 11 is 12.2. The molecule has 0 bridgehead atoms. The molecule has 0 aliphatic carbocycles. The SMILES string of the molecule is C.COC(=O)c1cc(N)c(C(=O)C[C@@H]2N[C@@]3(C(=O)Nc4cc(Cl)ccc43)[C@@H](c3cccc(Cl)c3F)[C@@H]2[N+](=O)[O-])cc1OC. The third kappa shape index (κ3) is 5.05. The molecule has 4 atom stereocenters. The number of nitrogens with one attached hydrogen (secondary N) is 2. The Hall–Kier alpha value is -4.26. The number of amides is 1. The summed E-state index contributed by atoms with van der Waals surface area (Å²) in [6.07, 6.45) is -0.521. The summed E-state index contributed by atoms with van der Waals surface area (Å²) in [6.45, 7) is 0. The molecule has 0 aromatic heterocycles. The van der Waals surface area contributed by atoms with Gasteiger partial charge in [0, 0.05) is 44.4 Å². The van der Waals surface area contributed by atoms with Crippen molar-refractivity contribution >= 4 is 52.2 Å². The third-order valence-electron chi connectivity index (χ3n) is 7.69. The second kappa shape index (κ2) is 11.8. The molecule has 0 radical (unpaired) electrons. The van der Waals surface area contributed by atoms with E-state index in [1.165, 1.54) is 62.8 Å². The largest absolute Gasteiger partial charge is 0.496 e. The van der Waals surface area contributed by atoms with Crippen molar-refractivity contribution in [2.75, 3.05) is 25.3 Å². The molecule has 2 aliphatic heterocycles. The molecule has 3 aromatic rings. The number of halogens is 3. The summed E-state index contributed by atoms with van der Waals surface area (Å²) in [7, 11) is 2.45. The molecule has 1 fully saturated rings. The third-order valence-corrected chi connectivity index (χ3v) is 8.22. The van der Waals surface area contributed by atoms with E-state index < -0.39 is 58.4 Å². The van der Waals surface area contributed by atoms with Gasteiger partial charge in [-0.05, 0) is 30.3 Å². The van der Waals surface area contributed by atoms with Crippen molar-refractivity contribution in [2.45, 2.75) is 37.4 Å². The van der Waals surface area contributed by atoms with Gasteiger partial charge in [-0.2, -0.15) is 0 Å². The van der Waals surface area contributed by atoms with Crippen molar-refractivity contribution in [3.63, 3.8) is 0 Å². The van der Waals surface area contributed by atoms with Crippen LogP contribution >= 0.6 is 23.2 Å². The fourth-order valence-electron chi connectivity index (χ4n) is 5.92. The number of Topliss-reactive ketones (excluding diaryl/α,β-unsaturated/α-hetero) is 1. The normalized spacial score (nSPS) is 22.0. The first-order valence-electron chi connectivity index (χ1n) is 12.5. The van der Waals surface area contributed by atoms with Gasteiger partial charge in [0.25, 0.3) is 0 Å². The van der Waals surface area contributed by atoms with Crippen LogP contribution in [0.1, 0.15) is 51.6 Å². The van der Waals surface area contributed by atoms with Gasteiger partial charge in [0.2, 0.25) is 11.9 Å². The average Bonchev–Trinajstić information content (AvgIpc) is 3.42. The van der Waals surface area contributed by atoms with E-state index in [9.17, 15) is 24.5 Å². The van der Waals surface area contributed by atoms with E-state index in [2.05, 4.69) is 10.6 Å². The molecule has 226 valence electrons. The number of fused-ring (bicyclic) bond motifs is 2. The van der Waals surface area contributed by atoms with Crippen LogP contribution < -0.4 is 21.1 Å². The number of carbonyl (C=O) groups excluding carboxylic acids is 3. The first-order chi connectivity index (χ1) is 19.9. The number of ether oxygens (including phenoxy) is 2. The van der Waals surface area contributed by atoms with E-state index in [1.54, 1.807) is 0 Å². The predicted octanol–water partition coefficient (Wildman–Crippen LogP) is 4.97. The monoisotopic (exact) mass is 632 g/mol. The Kier molecular flexibility index (Phi) is 8.68. The second-order valence-corrected chi connectivity index (χ2v) is 10.7. The highest BCUT2D eigenvalue weighted by molar-refractivity contribution is 6.31. The summed E-state index contributed by atoms with van der Waals surface area (Å²) in [5.41, 5.74) is 4.46. The number of benzene rings is 3. The number of carbonyl (C=O) groups is 3. The summed E-state index contributed by atoms with van der Waals surface area (Å²) in [5.74, 6) is -4.44. The van der Waals surface area contributed by atoms with Crippen LogP contribution in [0.5, 0.6) is 5.75 Å². The first kappa shape index (κ1) is 31.7. The van der Waals surface area contributed by atoms with Gasteiger partial charge >= 0.3 is 5.97 Å². The second-order valence-electron chi connectivity index (χ2n) is 9.86. The van der Waals surface area contributed by atoms with Crippen LogP contribution in [0.2, 0.25) is 10.0 Å². The quantitative estimate of drug-likeness (QED) is 0.107. The number of nitrogens with two attached hydrogens (primary N) is 1. The van der Waals surface area contributed by atoms with Crippen molar-refractivity contribution in [3.8, 4) is 5.75 Å². The lowest BCUT2D eigenvalue weighted by atomic mass is 9.74. The zero-order valence-corrected chi connectivity index (χ0v) is 23.6. The number of ketones is 1. The molecule has 1 amide bonds. The maximum Gasteiger partial charge on any atom is 0.341 e. The fourth-order valence-corrected chi connectivity index (χ4v) is 6.27. The van der Waals surface area contributed by atoms with Crippen LogP contribution in [-0.4, -0.2) is 48.9 Å². The smallest absolute Gasteiger partial charge is 0.341 e. The lowest BCUT2D eigenvalue weighted by Crippen LogP contribution is -2.49. The molecule has 1 spiro atoms. The maximum atomic E-state index is 15.5. The number of nitrogen functional groups attached to an aromatic ring is 1. The van der Waals surface area contributed by atoms with Crippen molar-refractivity contribution in [1.29, 1.82) is 0 Å². The van der Waals surface area contributed by atoms with Gasteiger partial charge in [-0.3, -0.25) is 25.0 Å². The molecule has 5 rings (SSSR count). The number of esters is 1. The Morgan fingerprint density at radius 1 is 1.14 bits per heavy atom. The standard InChI is InChI=1S/C28H23Cl2FN4O7.CH4/c1-41-22-10-14(18(32)9-15(22)26(37)42-2)21(36)11-20-25(35(39)40)23(13-4-3-5-17(30)24(13)31)28(34-20)16-7-6-12(29)8-19(16)33-27(28)38;/h3-10,20,23,25,34H,11,32H2,1-2H3,(H,33,38);1H4/t20-,23-,25+,28+;/m0./s1. The van der Waals surface area contributed by atoms with Gasteiger partial charge in [-0.25, -0.2) is 9.18 Å². The number of anilines is 2. The Balaban J connectivity index is 0.00000423. The maximum absolute atomic E-state index is 15.5. The van der Waals surface area contributed by atoms with E-state index >= 15 is 4.39 Å². The predicted molar refractivity (Wildman–Crippen MR) is 158 cm³/mol. The van der Waals surface area contributed by atoms with Gasteiger partial charge in [0.05, 0.1) is 31.2 Å². The molecule has 11 nitrogen and oxygen atoms in total. The molecular weight excluding hydrogens is 606 g/mol. The fraction of sp³-hybridized carbons (Fsp3) is 0.276. The van der Waals surface area contributed by atoms with Gasteiger partial charge < -0.3 is 20.5 Å². The van der Waals surface area contributed by atoms with Crippen molar-refractivity contribution in [1.82, 2.24) is 5.32 Å². The van der Waals surface area contributed by atoms with E-state index in [0.717, 1.165) is 0 Å². The molecule has 4 N–H and O–H groups in total. The molecule has 2 heterocycles. The van der Waals surface area contributed by atoms with Gasteiger partial charge in [-0.15, -0.1) is 0 Å². The van der Waals surface area contributed by atoms with Crippen molar-refractivity contribution in [2.24, 2.45) is 0 Å². The van der Waals surface area contributed by atoms with E-state index in [1.807, 2.05) is 0 Å². The van der Waals surface area contributed by atoms with E-state index in [4.69, 9.17) is 38.4 Å². The number of hydrogen-bond donors (Lipinski definition) is 3. The molecule has 43 heavy (non-hydrogen) atoms. The molecule has 1 saturated heterocycles. The summed E-state index contributed by atoms with van der Waals surface area (Å²) in [6, 6.07) is 8.03. The molecule has 14 heteroatoms. The Bertz CT molecular complexity index is 1670. The highest BCUT2D eigenvalue weighted by Crippen LogP contribution is 2.54. The first-order valence-corrected chi connectivity index (χ1v) is 13.3. The topological polar surface area (TPSA) is 163 Å². The minimum absolute atomic E-state index is 0. The number of hydrogen-bond acceptors (Lipinski definition) is 9. The zero-order chi connectivity index (χ0) is 30.5. The molecule has 0 saturated carbocycles. The highest BCUT2D eigenvalue weighted by Gasteiger charge is 2.67. The summed E-state index contributed by atoms with van der Waals surface area (Å²) in [4.78, 5) is 51.5. The van der Waals surface area contributed by atoms with Crippen molar-refractivity contribution in [3.05, 3.63) is 96.8 Å².